The van der Waals surface area contributed by atoms with Gasteiger partial charge in [-0.25, -0.2) is 14.2 Å². The minimum atomic E-state index is -0.671. The fraction of sp³-hybridized carbons (Fsp3) is 0.154. The molecule has 0 radical (unpaired) electrons. The Bertz CT molecular complexity index is 703. The summed E-state index contributed by atoms with van der Waals surface area (Å²) in [5, 5.41) is 9.00. The molecule has 0 saturated carbocycles. The van der Waals surface area contributed by atoms with E-state index in [4.69, 9.17) is 15.7 Å². The molecule has 0 saturated heterocycles. The van der Waals surface area contributed by atoms with Gasteiger partial charge in [-0.2, -0.15) is 5.26 Å². The van der Waals surface area contributed by atoms with Crippen LogP contribution in [0.2, 0.25) is 0 Å². The van der Waals surface area contributed by atoms with Crippen LogP contribution in [0.3, 0.4) is 0 Å². The Labute approximate surface area is 114 Å². The van der Waals surface area contributed by atoms with Crippen LogP contribution in [-0.4, -0.2) is 22.1 Å². The first-order chi connectivity index (χ1) is 9.60. The number of rotatable bonds is 3. The number of aromatic nitrogens is 2. The highest BCUT2D eigenvalue weighted by atomic mass is 19.1. The zero-order chi connectivity index (χ0) is 14.7. The topological polar surface area (TPSA) is 93.9 Å². The highest BCUT2D eigenvalue weighted by Gasteiger charge is 2.19. The number of anilines is 1. The molecule has 0 unspecified atom stereocenters. The molecule has 0 aliphatic rings. The van der Waals surface area contributed by atoms with E-state index in [1.807, 2.05) is 0 Å². The molecule has 0 atom stereocenters. The second-order valence-electron chi connectivity index (χ2n) is 3.81. The summed E-state index contributed by atoms with van der Waals surface area (Å²) in [4.78, 5) is 15.5. The van der Waals surface area contributed by atoms with E-state index in [9.17, 15) is 9.18 Å². The van der Waals surface area contributed by atoms with Crippen LogP contribution >= 0.6 is 0 Å². The average Bonchev–Trinajstić information content (AvgIpc) is 2.80. The zero-order valence-corrected chi connectivity index (χ0v) is 10.6. The molecular weight excluding hydrogens is 263 g/mol. The fourth-order valence-electron chi connectivity index (χ4n) is 1.73. The van der Waals surface area contributed by atoms with Crippen molar-refractivity contribution in [2.75, 3.05) is 12.3 Å². The predicted molar refractivity (Wildman–Crippen MR) is 68.6 cm³/mol. The van der Waals surface area contributed by atoms with Crippen LogP contribution in [0.1, 0.15) is 23.0 Å². The first kappa shape index (κ1) is 13.5. The second-order valence-corrected chi connectivity index (χ2v) is 3.81. The largest absolute Gasteiger partial charge is 0.461 e. The van der Waals surface area contributed by atoms with Gasteiger partial charge in [-0.1, -0.05) is 6.07 Å². The molecule has 1 aromatic heterocycles. The molecule has 6 nitrogen and oxygen atoms in total. The molecule has 1 aromatic carbocycles. The number of imidazole rings is 1. The van der Waals surface area contributed by atoms with Crippen LogP contribution in [0.4, 0.5) is 10.2 Å². The average molecular weight is 274 g/mol. The molecule has 0 spiro atoms. The van der Waals surface area contributed by atoms with E-state index in [2.05, 4.69) is 4.98 Å². The van der Waals surface area contributed by atoms with Gasteiger partial charge in [-0.3, -0.25) is 4.57 Å². The number of nitrogens with zero attached hydrogens (tertiary/aromatic N) is 3. The normalized spacial score (nSPS) is 10.1. The third kappa shape index (κ3) is 2.19. The van der Waals surface area contributed by atoms with Crippen molar-refractivity contribution in [1.82, 2.24) is 9.55 Å². The zero-order valence-electron chi connectivity index (χ0n) is 10.6. The van der Waals surface area contributed by atoms with Crippen LogP contribution in [0.25, 0.3) is 5.69 Å². The standard InChI is InChI=1S/C13H11FN4O2/c1-2-20-13(19)11-12(16)18(7-17-11)10-5-3-4-9(14)8(10)6-15/h3-5,7H,2,16H2,1H3. The summed E-state index contributed by atoms with van der Waals surface area (Å²) in [5.74, 6) is -1.35. The lowest BCUT2D eigenvalue weighted by molar-refractivity contribution is 0.0521. The van der Waals surface area contributed by atoms with Crippen molar-refractivity contribution in [2.24, 2.45) is 0 Å². The number of nitriles is 1. The van der Waals surface area contributed by atoms with Crippen LogP contribution in [-0.2, 0) is 4.74 Å². The van der Waals surface area contributed by atoms with E-state index in [-0.39, 0.29) is 29.4 Å². The lowest BCUT2D eigenvalue weighted by atomic mass is 10.2. The number of hydrogen-bond acceptors (Lipinski definition) is 5. The van der Waals surface area contributed by atoms with Gasteiger partial charge in [0.1, 0.15) is 29.6 Å². The molecular formula is C13H11FN4O2. The predicted octanol–water partition coefficient (Wildman–Crippen LogP) is 1.64. The van der Waals surface area contributed by atoms with Crippen molar-refractivity contribution in [2.45, 2.75) is 6.92 Å². The van der Waals surface area contributed by atoms with Gasteiger partial charge < -0.3 is 10.5 Å². The maximum atomic E-state index is 13.6. The van der Waals surface area contributed by atoms with Crippen LogP contribution in [0.5, 0.6) is 0 Å². The summed E-state index contributed by atoms with van der Waals surface area (Å²) >= 11 is 0. The Hall–Kier alpha value is -2.88. The van der Waals surface area contributed by atoms with Gasteiger partial charge in [0, 0.05) is 0 Å². The van der Waals surface area contributed by atoms with E-state index >= 15 is 0 Å². The van der Waals surface area contributed by atoms with Crippen molar-refractivity contribution >= 4 is 11.8 Å². The summed E-state index contributed by atoms with van der Waals surface area (Å²) in [6, 6.07) is 5.87. The SMILES string of the molecule is CCOC(=O)c1ncn(-c2cccc(F)c2C#N)c1N. The summed E-state index contributed by atoms with van der Waals surface area (Å²) in [6.45, 7) is 1.85. The number of nitrogens with two attached hydrogens (primary N) is 1. The third-order valence-corrected chi connectivity index (χ3v) is 2.64. The maximum Gasteiger partial charge on any atom is 0.360 e. The van der Waals surface area contributed by atoms with Gasteiger partial charge >= 0.3 is 5.97 Å². The van der Waals surface area contributed by atoms with Crippen molar-refractivity contribution in [1.29, 1.82) is 5.26 Å². The number of ether oxygens (including phenoxy) is 1. The van der Waals surface area contributed by atoms with Crippen molar-refractivity contribution in [3.8, 4) is 11.8 Å². The molecule has 102 valence electrons. The van der Waals surface area contributed by atoms with Gasteiger partial charge in [0.2, 0.25) is 0 Å². The summed E-state index contributed by atoms with van der Waals surface area (Å²) in [7, 11) is 0. The number of carbonyl (C=O) groups excluding carboxylic acids is 1. The highest BCUT2D eigenvalue weighted by Crippen LogP contribution is 2.22. The number of nitrogen functional groups attached to an aromatic ring is 1. The molecule has 0 fully saturated rings. The van der Waals surface area contributed by atoms with Gasteiger partial charge in [0.15, 0.2) is 5.69 Å². The smallest absolute Gasteiger partial charge is 0.360 e. The molecule has 1 heterocycles. The van der Waals surface area contributed by atoms with Gasteiger partial charge in [-0.05, 0) is 19.1 Å². The molecule has 2 aromatic rings. The molecule has 2 rings (SSSR count). The maximum absolute atomic E-state index is 13.6. The molecule has 0 aliphatic carbocycles. The number of carbonyl (C=O) groups is 1. The minimum Gasteiger partial charge on any atom is -0.461 e. The molecule has 2 N–H and O–H groups in total. The first-order valence-corrected chi connectivity index (χ1v) is 5.79. The second kappa shape index (κ2) is 5.40. The summed E-state index contributed by atoms with van der Waals surface area (Å²) in [5.41, 5.74) is 5.78. The van der Waals surface area contributed by atoms with E-state index in [0.717, 1.165) is 0 Å². The molecule has 7 heteroatoms. The number of halogens is 1. The fourth-order valence-corrected chi connectivity index (χ4v) is 1.73. The van der Waals surface area contributed by atoms with Crippen LogP contribution in [0, 0.1) is 17.1 Å². The summed E-state index contributed by atoms with van der Waals surface area (Å²) in [6.07, 6.45) is 1.25. The molecule has 0 aliphatic heterocycles. The van der Waals surface area contributed by atoms with Crippen molar-refractivity contribution in [3.05, 3.63) is 41.6 Å². The van der Waals surface area contributed by atoms with Crippen molar-refractivity contribution in [3.63, 3.8) is 0 Å². The van der Waals surface area contributed by atoms with Crippen LogP contribution in [0.15, 0.2) is 24.5 Å². The minimum absolute atomic E-state index is 0.00875. The number of benzene rings is 1. The van der Waals surface area contributed by atoms with Crippen molar-refractivity contribution < 1.29 is 13.9 Å². The lowest BCUT2D eigenvalue weighted by Crippen LogP contribution is -2.10. The monoisotopic (exact) mass is 274 g/mol. The molecule has 20 heavy (non-hydrogen) atoms. The lowest BCUT2D eigenvalue weighted by Gasteiger charge is -2.08. The molecule has 0 bridgehead atoms. The van der Waals surface area contributed by atoms with E-state index in [0.29, 0.717) is 0 Å². The van der Waals surface area contributed by atoms with E-state index < -0.39 is 11.8 Å². The third-order valence-electron chi connectivity index (χ3n) is 2.64. The Kier molecular flexibility index (Phi) is 3.66. The van der Waals surface area contributed by atoms with Crippen LogP contribution < -0.4 is 5.73 Å². The number of hydrogen-bond donors (Lipinski definition) is 1. The molecule has 0 amide bonds. The van der Waals surface area contributed by atoms with Gasteiger partial charge in [0.25, 0.3) is 0 Å². The highest BCUT2D eigenvalue weighted by molar-refractivity contribution is 5.92. The van der Waals surface area contributed by atoms with E-state index in [1.165, 1.54) is 29.1 Å². The van der Waals surface area contributed by atoms with E-state index in [1.54, 1.807) is 13.0 Å². The summed E-state index contributed by atoms with van der Waals surface area (Å²) < 4.78 is 19.6. The first-order valence-electron chi connectivity index (χ1n) is 5.79. The Morgan fingerprint density at radius 3 is 3.00 bits per heavy atom. The Balaban J connectivity index is 2.54. The Morgan fingerprint density at radius 2 is 2.35 bits per heavy atom. The Morgan fingerprint density at radius 1 is 1.60 bits per heavy atom. The quantitative estimate of drug-likeness (QED) is 0.859. The number of esters is 1. The van der Waals surface area contributed by atoms with Gasteiger partial charge in [-0.15, -0.1) is 0 Å². The van der Waals surface area contributed by atoms with Gasteiger partial charge in [0.05, 0.1) is 12.3 Å².